The molecular formula is C17H21NO2. The highest BCUT2D eigenvalue weighted by Crippen LogP contribution is 2.30. The molecule has 0 bridgehead atoms. The molecule has 1 unspecified atom stereocenters. The van der Waals surface area contributed by atoms with E-state index in [2.05, 4.69) is 44.3 Å². The number of anilines is 1. The molecule has 2 rings (SSSR count). The lowest BCUT2D eigenvalue weighted by Crippen LogP contribution is -2.08. The van der Waals surface area contributed by atoms with Gasteiger partial charge in [-0.3, -0.25) is 0 Å². The van der Waals surface area contributed by atoms with Crippen LogP contribution in [0.1, 0.15) is 29.7 Å². The maximum absolute atomic E-state index is 9.64. The average Bonchev–Trinajstić information content (AvgIpc) is 2.44. The number of aryl methyl sites for hydroxylation is 1. The monoisotopic (exact) mass is 271 g/mol. The molecule has 0 radical (unpaired) electrons. The van der Waals surface area contributed by atoms with Crippen molar-refractivity contribution in [2.45, 2.75) is 26.8 Å². The Hall–Kier alpha value is -2.16. The molecule has 1 atom stereocenters. The second-order valence-electron chi connectivity index (χ2n) is 5.04. The number of ether oxygens (including phenoxy) is 1. The molecule has 0 aliphatic carbocycles. The minimum atomic E-state index is 0.130. The SMILES string of the molecule is COc1cc(C(C)Nc2cccc(C)c2C)ccc1O. The van der Waals surface area contributed by atoms with E-state index >= 15 is 0 Å². The number of hydrogen-bond acceptors (Lipinski definition) is 3. The maximum Gasteiger partial charge on any atom is 0.160 e. The van der Waals surface area contributed by atoms with Gasteiger partial charge in [0, 0.05) is 11.7 Å². The van der Waals surface area contributed by atoms with Crippen LogP contribution in [0.2, 0.25) is 0 Å². The summed E-state index contributed by atoms with van der Waals surface area (Å²) in [5.74, 6) is 0.660. The summed E-state index contributed by atoms with van der Waals surface area (Å²) < 4.78 is 5.15. The molecule has 0 aliphatic rings. The van der Waals surface area contributed by atoms with Crippen molar-refractivity contribution in [2.75, 3.05) is 12.4 Å². The second-order valence-corrected chi connectivity index (χ2v) is 5.04. The average molecular weight is 271 g/mol. The van der Waals surface area contributed by atoms with Gasteiger partial charge in [0.05, 0.1) is 7.11 Å². The number of aromatic hydroxyl groups is 1. The normalized spacial score (nSPS) is 12.0. The molecule has 0 saturated carbocycles. The molecule has 0 aliphatic heterocycles. The van der Waals surface area contributed by atoms with Gasteiger partial charge in [-0.25, -0.2) is 0 Å². The van der Waals surface area contributed by atoms with Crippen LogP contribution >= 0.6 is 0 Å². The van der Waals surface area contributed by atoms with Crippen LogP contribution in [0.3, 0.4) is 0 Å². The quantitative estimate of drug-likeness (QED) is 0.876. The van der Waals surface area contributed by atoms with Crippen LogP contribution in [-0.2, 0) is 0 Å². The van der Waals surface area contributed by atoms with Crippen LogP contribution in [0.4, 0.5) is 5.69 Å². The van der Waals surface area contributed by atoms with Crippen LogP contribution < -0.4 is 10.1 Å². The fourth-order valence-corrected chi connectivity index (χ4v) is 2.19. The minimum absolute atomic E-state index is 0.130. The predicted octanol–water partition coefficient (Wildman–Crippen LogP) is 4.19. The Morgan fingerprint density at radius 3 is 2.60 bits per heavy atom. The molecule has 0 fully saturated rings. The first-order chi connectivity index (χ1) is 9.52. The summed E-state index contributed by atoms with van der Waals surface area (Å²) in [7, 11) is 1.56. The third kappa shape index (κ3) is 2.87. The Morgan fingerprint density at radius 1 is 1.15 bits per heavy atom. The van der Waals surface area contributed by atoms with E-state index in [1.807, 2.05) is 12.1 Å². The van der Waals surface area contributed by atoms with E-state index in [4.69, 9.17) is 4.74 Å². The summed E-state index contributed by atoms with van der Waals surface area (Å²) in [4.78, 5) is 0. The van der Waals surface area contributed by atoms with Crippen molar-refractivity contribution in [3.63, 3.8) is 0 Å². The van der Waals surface area contributed by atoms with Crippen LogP contribution in [0.5, 0.6) is 11.5 Å². The highest BCUT2D eigenvalue weighted by atomic mass is 16.5. The fraction of sp³-hybridized carbons (Fsp3) is 0.294. The number of benzene rings is 2. The molecule has 2 N–H and O–H groups in total. The zero-order valence-corrected chi connectivity index (χ0v) is 12.4. The highest BCUT2D eigenvalue weighted by Gasteiger charge is 2.10. The number of nitrogens with one attached hydrogen (secondary N) is 1. The first kappa shape index (κ1) is 14.3. The van der Waals surface area contributed by atoms with E-state index in [-0.39, 0.29) is 11.8 Å². The number of hydrogen-bond donors (Lipinski definition) is 2. The van der Waals surface area contributed by atoms with Crippen molar-refractivity contribution >= 4 is 5.69 Å². The molecule has 3 nitrogen and oxygen atoms in total. The van der Waals surface area contributed by atoms with Gasteiger partial charge in [0.1, 0.15) is 0 Å². The Kier molecular flexibility index (Phi) is 4.18. The molecule has 0 saturated heterocycles. The number of rotatable bonds is 4. The standard InChI is InChI=1S/C17H21NO2/c1-11-6-5-7-15(12(11)2)18-13(3)14-8-9-16(19)17(10-14)20-4/h5-10,13,18-19H,1-4H3. The first-order valence-electron chi connectivity index (χ1n) is 6.72. The van der Waals surface area contributed by atoms with Gasteiger partial charge in [-0.15, -0.1) is 0 Å². The lowest BCUT2D eigenvalue weighted by Gasteiger charge is -2.19. The zero-order valence-electron chi connectivity index (χ0n) is 12.4. The summed E-state index contributed by atoms with van der Waals surface area (Å²) in [6.07, 6.45) is 0. The van der Waals surface area contributed by atoms with Gasteiger partial charge in [0.2, 0.25) is 0 Å². The summed E-state index contributed by atoms with van der Waals surface area (Å²) in [5, 5.41) is 13.1. The Labute approximate surface area is 120 Å². The molecule has 0 amide bonds. The Bertz CT molecular complexity index is 608. The van der Waals surface area contributed by atoms with Crippen molar-refractivity contribution in [3.05, 3.63) is 53.1 Å². The van der Waals surface area contributed by atoms with Crippen molar-refractivity contribution in [1.29, 1.82) is 0 Å². The van der Waals surface area contributed by atoms with Gasteiger partial charge in [0.15, 0.2) is 11.5 Å². The van der Waals surface area contributed by atoms with E-state index in [1.165, 1.54) is 11.1 Å². The van der Waals surface area contributed by atoms with Gasteiger partial charge in [0.25, 0.3) is 0 Å². The Balaban J connectivity index is 2.24. The van der Waals surface area contributed by atoms with E-state index in [0.29, 0.717) is 5.75 Å². The molecule has 0 spiro atoms. The molecule has 0 heterocycles. The second kappa shape index (κ2) is 5.87. The lowest BCUT2D eigenvalue weighted by molar-refractivity contribution is 0.373. The largest absolute Gasteiger partial charge is 0.504 e. The van der Waals surface area contributed by atoms with E-state index in [9.17, 15) is 5.11 Å². The predicted molar refractivity (Wildman–Crippen MR) is 82.6 cm³/mol. The van der Waals surface area contributed by atoms with Crippen LogP contribution in [0.25, 0.3) is 0 Å². The molecule has 106 valence electrons. The molecule has 2 aromatic carbocycles. The van der Waals surface area contributed by atoms with Gasteiger partial charge in [-0.2, -0.15) is 0 Å². The summed E-state index contributed by atoms with van der Waals surface area (Å²) in [6.45, 7) is 6.31. The smallest absolute Gasteiger partial charge is 0.160 e. The van der Waals surface area contributed by atoms with Crippen LogP contribution in [-0.4, -0.2) is 12.2 Å². The van der Waals surface area contributed by atoms with Crippen molar-refractivity contribution < 1.29 is 9.84 Å². The van der Waals surface area contributed by atoms with Crippen molar-refractivity contribution in [2.24, 2.45) is 0 Å². The van der Waals surface area contributed by atoms with E-state index in [1.54, 1.807) is 13.2 Å². The zero-order chi connectivity index (χ0) is 14.7. The first-order valence-corrected chi connectivity index (χ1v) is 6.72. The molecule has 2 aromatic rings. The molecule has 20 heavy (non-hydrogen) atoms. The summed E-state index contributed by atoms with van der Waals surface area (Å²) in [5.41, 5.74) is 4.72. The molecule has 0 aromatic heterocycles. The van der Waals surface area contributed by atoms with E-state index < -0.39 is 0 Å². The minimum Gasteiger partial charge on any atom is -0.504 e. The Morgan fingerprint density at radius 2 is 1.90 bits per heavy atom. The van der Waals surface area contributed by atoms with Gasteiger partial charge in [-0.1, -0.05) is 18.2 Å². The van der Waals surface area contributed by atoms with Crippen molar-refractivity contribution in [1.82, 2.24) is 0 Å². The highest BCUT2D eigenvalue weighted by molar-refractivity contribution is 5.55. The van der Waals surface area contributed by atoms with Gasteiger partial charge >= 0.3 is 0 Å². The fourth-order valence-electron chi connectivity index (χ4n) is 2.19. The summed E-state index contributed by atoms with van der Waals surface area (Å²) in [6, 6.07) is 11.8. The lowest BCUT2D eigenvalue weighted by atomic mass is 10.0. The van der Waals surface area contributed by atoms with Gasteiger partial charge in [-0.05, 0) is 55.7 Å². The molecule has 3 heteroatoms. The van der Waals surface area contributed by atoms with Crippen LogP contribution in [0.15, 0.2) is 36.4 Å². The van der Waals surface area contributed by atoms with Crippen LogP contribution in [0, 0.1) is 13.8 Å². The van der Waals surface area contributed by atoms with E-state index in [0.717, 1.165) is 11.3 Å². The number of methoxy groups -OCH3 is 1. The third-order valence-electron chi connectivity index (χ3n) is 3.68. The van der Waals surface area contributed by atoms with Gasteiger partial charge < -0.3 is 15.2 Å². The maximum atomic E-state index is 9.64. The number of phenols is 1. The third-order valence-corrected chi connectivity index (χ3v) is 3.68. The molecular weight excluding hydrogens is 250 g/mol. The topological polar surface area (TPSA) is 41.5 Å². The number of phenolic OH excluding ortho intramolecular Hbond substituents is 1. The summed E-state index contributed by atoms with van der Waals surface area (Å²) >= 11 is 0. The van der Waals surface area contributed by atoms with Crippen molar-refractivity contribution in [3.8, 4) is 11.5 Å².